The van der Waals surface area contributed by atoms with E-state index >= 15 is 0 Å². The SMILES string of the molecule is CC(C)NCC(C)NCC1C2CCCC21. The average Bonchev–Trinajstić information content (AvgIpc) is 2.63. The largest absolute Gasteiger partial charge is 0.313 e. The molecule has 2 rings (SSSR count). The minimum absolute atomic E-state index is 0.606. The molecule has 15 heavy (non-hydrogen) atoms. The van der Waals surface area contributed by atoms with Crippen molar-refractivity contribution in [3.05, 3.63) is 0 Å². The van der Waals surface area contributed by atoms with Crippen LogP contribution < -0.4 is 10.6 Å². The first-order valence-corrected chi connectivity index (χ1v) is 6.65. The third-order valence-electron chi connectivity index (χ3n) is 4.12. The van der Waals surface area contributed by atoms with Crippen LogP contribution in [-0.2, 0) is 0 Å². The summed E-state index contributed by atoms with van der Waals surface area (Å²) in [4.78, 5) is 0. The van der Waals surface area contributed by atoms with E-state index in [4.69, 9.17) is 0 Å². The molecule has 2 aliphatic carbocycles. The Balaban J connectivity index is 1.54. The molecule has 2 fully saturated rings. The van der Waals surface area contributed by atoms with Gasteiger partial charge in [-0.05, 0) is 44.1 Å². The van der Waals surface area contributed by atoms with Crippen molar-refractivity contribution in [3.63, 3.8) is 0 Å². The van der Waals surface area contributed by atoms with E-state index in [1.807, 2.05) is 0 Å². The first kappa shape index (κ1) is 11.4. The second kappa shape index (κ2) is 4.84. The summed E-state index contributed by atoms with van der Waals surface area (Å²) in [5.41, 5.74) is 0. The second-order valence-corrected chi connectivity index (χ2v) is 5.79. The monoisotopic (exact) mass is 210 g/mol. The van der Waals surface area contributed by atoms with Gasteiger partial charge in [-0.3, -0.25) is 0 Å². The summed E-state index contributed by atoms with van der Waals surface area (Å²) in [6.07, 6.45) is 4.52. The topological polar surface area (TPSA) is 24.1 Å². The van der Waals surface area contributed by atoms with Crippen LogP contribution in [0, 0.1) is 17.8 Å². The highest BCUT2D eigenvalue weighted by Gasteiger charge is 2.51. The van der Waals surface area contributed by atoms with E-state index in [1.165, 1.54) is 25.8 Å². The highest BCUT2D eigenvalue weighted by molar-refractivity contribution is 5.02. The molecule has 0 aromatic heterocycles. The molecular formula is C13H26N2. The Hall–Kier alpha value is -0.0800. The predicted molar refractivity (Wildman–Crippen MR) is 64.9 cm³/mol. The van der Waals surface area contributed by atoms with Crippen molar-refractivity contribution in [3.8, 4) is 0 Å². The Kier molecular flexibility index (Phi) is 3.68. The van der Waals surface area contributed by atoms with Crippen LogP contribution in [0.15, 0.2) is 0 Å². The molecule has 0 bridgehead atoms. The maximum absolute atomic E-state index is 3.67. The Morgan fingerprint density at radius 3 is 2.33 bits per heavy atom. The Labute approximate surface area is 94.2 Å². The van der Waals surface area contributed by atoms with E-state index in [2.05, 4.69) is 31.4 Å². The van der Waals surface area contributed by atoms with Gasteiger partial charge in [0.25, 0.3) is 0 Å². The van der Waals surface area contributed by atoms with Crippen LogP contribution >= 0.6 is 0 Å². The fraction of sp³-hybridized carbons (Fsp3) is 1.00. The molecule has 2 nitrogen and oxygen atoms in total. The molecule has 88 valence electrons. The van der Waals surface area contributed by atoms with Gasteiger partial charge in [0.05, 0.1) is 0 Å². The fourth-order valence-electron chi connectivity index (χ4n) is 3.09. The lowest BCUT2D eigenvalue weighted by Crippen LogP contribution is -2.40. The molecule has 0 saturated heterocycles. The molecule has 2 saturated carbocycles. The smallest absolute Gasteiger partial charge is 0.0164 e. The van der Waals surface area contributed by atoms with Crippen molar-refractivity contribution in [2.45, 2.75) is 52.1 Å². The summed E-state index contributed by atoms with van der Waals surface area (Å²) >= 11 is 0. The highest BCUT2D eigenvalue weighted by atomic mass is 15.0. The van der Waals surface area contributed by atoms with Gasteiger partial charge in [-0.1, -0.05) is 20.3 Å². The van der Waals surface area contributed by atoms with Crippen LogP contribution in [0.5, 0.6) is 0 Å². The number of hydrogen-bond acceptors (Lipinski definition) is 2. The average molecular weight is 210 g/mol. The third kappa shape index (κ3) is 2.94. The number of nitrogens with one attached hydrogen (secondary N) is 2. The summed E-state index contributed by atoms with van der Waals surface area (Å²) in [5, 5.41) is 7.14. The van der Waals surface area contributed by atoms with Gasteiger partial charge < -0.3 is 10.6 Å². The lowest BCUT2D eigenvalue weighted by molar-refractivity contribution is 0.444. The molecule has 0 aromatic carbocycles. The molecule has 2 aliphatic rings. The van der Waals surface area contributed by atoms with Crippen LogP contribution in [-0.4, -0.2) is 25.2 Å². The van der Waals surface area contributed by atoms with Gasteiger partial charge in [0.2, 0.25) is 0 Å². The minimum atomic E-state index is 0.606. The number of rotatable bonds is 6. The van der Waals surface area contributed by atoms with Gasteiger partial charge in [0, 0.05) is 18.6 Å². The van der Waals surface area contributed by atoms with Gasteiger partial charge in [-0.2, -0.15) is 0 Å². The second-order valence-electron chi connectivity index (χ2n) is 5.79. The Morgan fingerprint density at radius 2 is 1.73 bits per heavy atom. The molecule has 3 unspecified atom stereocenters. The van der Waals surface area contributed by atoms with E-state index in [0.717, 1.165) is 24.3 Å². The zero-order valence-corrected chi connectivity index (χ0v) is 10.4. The quantitative estimate of drug-likeness (QED) is 0.701. The first-order valence-electron chi connectivity index (χ1n) is 6.65. The maximum Gasteiger partial charge on any atom is 0.0164 e. The molecule has 2 N–H and O–H groups in total. The standard InChI is InChI=1S/C13H26N2/c1-9(2)14-7-10(3)15-8-13-11-5-4-6-12(11)13/h9-15H,4-8H2,1-3H3. The van der Waals surface area contributed by atoms with Crippen molar-refractivity contribution >= 4 is 0 Å². The predicted octanol–water partition coefficient (Wildman–Crippen LogP) is 2.01. The third-order valence-corrected chi connectivity index (χ3v) is 4.12. The molecule has 0 amide bonds. The molecule has 3 atom stereocenters. The van der Waals surface area contributed by atoms with Gasteiger partial charge in [0.15, 0.2) is 0 Å². The molecule has 0 spiro atoms. The normalized spacial score (nSPS) is 35.6. The van der Waals surface area contributed by atoms with Crippen molar-refractivity contribution in [1.29, 1.82) is 0 Å². The number of fused-ring (bicyclic) bond motifs is 1. The van der Waals surface area contributed by atoms with E-state index in [1.54, 1.807) is 0 Å². The summed E-state index contributed by atoms with van der Waals surface area (Å²) < 4.78 is 0. The van der Waals surface area contributed by atoms with Gasteiger partial charge in [-0.25, -0.2) is 0 Å². The molecule has 0 aromatic rings. The van der Waals surface area contributed by atoms with E-state index < -0.39 is 0 Å². The van der Waals surface area contributed by atoms with Crippen LogP contribution in [0.1, 0.15) is 40.0 Å². The molecule has 0 aliphatic heterocycles. The zero-order valence-electron chi connectivity index (χ0n) is 10.4. The first-order chi connectivity index (χ1) is 7.18. The van der Waals surface area contributed by atoms with Crippen LogP contribution in [0.4, 0.5) is 0 Å². The lowest BCUT2D eigenvalue weighted by Gasteiger charge is -2.17. The minimum Gasteiger partial charge on any atom is -0.313 e. The molecule has 2 heteroatoms. The van der Waals surface area contributed by atoms with Crippen LogP contribution in [0.2, 0.25) is 0 Å². The van der Waals surface area contributed by atoms with Crippen molar-refractivity contribution in [2.75, 3.05) is 13.1 Å². The van der Waals surface area contributed by atoms with Crippen molar-refractivity contribution in [2.24, 2.45) is 17.8 Å². The van der Waals surface area contributed by atoms with Gasteiger partial charge in [-0.15, -0.1) is 0 Å². The van der Waals surface area contributed by atoms with E-state index in [-0.39, 0.29) is 0 Å². The van der Waals surface area contributed by atoms with Gasteiger partial charge >= 0.3 is 0 Å². The fourth-order valence-corrected chi connectivity index (χ4v) is 3.09. The van der Waals surface area contributed by atoms with Crippen LogP contribution in [0.25, 0.3) is 0 Å². The highest BCUT2D eigenvalue weighted by Crippen LogP contribution is 2.56. The lowest BCUT2D eigenvalue weighted by atomic mass is 10.1. The Morgan fingerprint density at radius 1 is 1.07 bits per heavy atom. The van der Waals surface area contributed by atoms with E-state index in [9.17, 15) is 0 Å². The zero-order chi connectivity index (χ0) is 10.8. The summed E-state index contributed by atoms with van der Waals surface area (Å²) in [6, 6.07) is 1.23. The number of hydrogen-bond donors (Lipinski definition) is 2. The molecule has 0 heterocycles. The maximum atomic E-state index is 3.67. The summed E-state index contributed by atoms with van der Waals surface area (Å²) in [6.45, 7) is 9.06. The van der Waals surface area contributed by atoms with Crippen LogP contribution in [0.3, 0.4) is 0 Å². The van der Waals surface area contributed by atoms with Gasteiger partial charge in [0.1, 0.15) is 0 Å². The van der Waals surface area contributed by atoms with Crippen molar-refractivity contribution in [1.82, 2.24) is 10.6 Å². The van der Waals surface area contributed by atoms with E-state index in [0.29, 0.717) is 12.1 Å². The van der Waals surface area contributed by atoms with Crippen molar-refractivity contribution < 1.29 is 0 Å². The summed E-state index contributed by atoms with van der Waals surface area (Å²) in [7, 11) is 0. The molecule has 0 radical (unpaired) electrons. The Bertz CT molecular complexity index is 193. The molecular weight excluding hydrogens is 184 g/mol. The summed E-state index contributed by atoms with van der Waals surface area (Å²) in [5.74, 6) is 3.23.